The summed E-state index contributed by atoms with van der Waals surface area (Å²) in [5, 5.41) is 29.0. The SMILES string of the molecule is N#CCN(CC#N)C1(CC(=O)O)CNC1. The zero-order valence-corrected chi connectivity index (χ0v) is 8.23. The van der Waals surface area contributed by atoms with Crippen molar-refractivity contribution in [3.63, 3.8) is 0 Å². The number of rotatable bonds is 5. The van der Waals surface area contributed by atoms with Crippen LogP contribution < -0.4 is 5.32 Å². The summed E-state index contributed by atoms with van der Waals surface area (Å²) in [6.45, 7) is 1.20. The van der Waals surface area contributed by atoms with Crippen LogP contribution in [0.4, 0.5) is 0 Å². The molecule has 0 aliphatic carbocycles. The van der Waals surface area contributed by atoms with E-state index < -0.39 is 11.5 Å². The highest BCUT2D eigenvalue weighted by Gasteiger charge is 2.44. The molecule has 1 aliphatic heterocycles. The third kappa shape index (κ3) is 2.44. The minimum Gasteiger partial charge on any atom is -0.481 e. The predicted molar refractivity (Wildman–Crippen MR) is 50.7 cm³/mol. The van der Waals surface area contributed by atoms with Crippen LogP contribution >= 0.6 is 0 Å². The maximum atomic E-state index is 10.7. The van der Waals surface area contributed by atoms with E-state index in [1.54, 1.807) is 4.90 Å². The Kier molecular flexibility index (Phi) is 3.62. The van der Waals surface area contributed by atoms with E-state index in [2.05, 4.69) is 5.32 Å². The summed E-state index contributed by atoms with van der Waals surface area (Å²) in [5.41, 5.74) is -0.558. The zero-order chi connectivity index (χ0) is 11.3. The summed E-state index contributed by atoms with van der Waals surface area (Å²) in [6, 6.07) is 3.91. The lowest BCUT2D eigenvalue weighted by Crippen LogP contribution is -2.69. The maximum Gasteiger partial charge on any atom is 0.305 e. The van der Waals surface area contributed by atoms with E-state index in [9.17, 15) is 4.79 Å². The molecule has 0 aromatic heterocycles. The predicted octanol–water partition coefficient (Wildman–Crippen LogP) is -0.848. The number of nitrogens with one attached hydrogen (secondary N) is 1. The summed E-state index contributed by atoms with van der Waals surface area (Å²) in [7, 11) is 0. The molecule has 0 unspecified atom stereocenters. The van der Waals surface area contributed by atoms with Crippen LogP contribution in [-0.4, -0.2) is 47.7 Å². The lowest BCUT2D eigenvalue weighted by Gasteiger charge is -2.48. The Labute approximate surface area is 87.7 Å². The summed E-state index contributed by atoms with van der Waals surface area (Å²) in [5.74, 6) is -0.905. The van der Waals surface area contributed by atoms with Gasteiger partial charge in [0.1, 0.15) is 0 Å². The lowest BCUT2D eigenvalue weighted by atomic mass is 9.86. The molecular weight excluding hydrogens is 196 g/mol. The van der Waals surface area contributed by atoms with Gasteiger partial charge in [0.2, 0.25) is 0 Å². The molecule has 6 heteroatoms. The molecular formula is C9H12N4O2. The van der Waals surface area contributed by atoms with Gasteiger partial charge < -0.3 is 10.4 Å². The lowest BCUT2D eigenvalue weighted by molar-refractivity contribution is -0.141. The van der Waals surface area contributed by atoms with Gasteiger partial charge in [0, 0.05) is 13.1 Å². The number of nitriles is 2. The van der Waals surface area contributed by atoms with E-state index in [0.717, 1.165) is 0 Å². The van der Waals surface area contributed by atoms with Crippen molar-refractivity contribution >= 4 is 5.97 Å². The first-order valence-electron chi connectivity index (χ1n) is 4.56. The van der Waals surface area contributed by atoms with Crippen molar-refractivity contribution in [3.05, 3.63) is 0 Å². The fourth-order valence-electron chi connectivity index (χ4n) is 1.72. The van der Waals surface area contributed by atoms with Gasteiger partial charge in [-0.05, 0) is 0 Å². The van der Waals surface area contributed by atoms with E-state index in [1.165, 1.54) is 0 Å². The van der Waals surface area contributed by atoms with Gasteiger partial charge in [-0.15, -0.1) is 0 Å². The number of carbonyl (C=O) groups is 1. The minimum absolute atomic E-state index is 0.0383. The number of carboxylic acid groups (broad SMARTS) is 1. The molecule has 0 atom stereocenters. The summed E-state index contributed by atoms with van der Waals surface area (Å²) < 4.78 is 0. The number of aliphatic carboxylic acids is 1. The van der Waals surface area contributed by atoms with Gasteiger partial charge >= 0.3 is 5.97 Å². The fourth-order valence-corrected chi connectivity index (χ4v) is 1.72. The molecule has 0 bridgehead atoms. The van der Waals surface area contributed by atoms with Crippen LogP contribution in [0.15, 0.2) is 0 Å². The number of hydrogen-bond acceptors (Lipinski definition) is 5. The van der Waals surface area contributed by atoms with Crippen LogP contribution in [0.5, 0.6) is 0 Å². The Balaban J connectivity index is 2.73. The Morgan fingerprint density at radius 1 is 1.40 bits per heavy atom. The largest absolute Gasteiger partial charge is 0.481 e. The smallest absolute Gasteiger partial charge is 0.305 e. The van der Waals surface area contributed by atoms with Crippen LogP contribution in [0.25, 0.3) is 0 Å². The topological polar surface area (TPSA) is 100 Å². The van der Waals surface area contributed by atoms with Crippen LogP contribution in [0.2, 0.25) is 0 Å². The van der Waals surface area contributed by atoms with E-state index in [0.29, 0.717) is 13.1 Å². The van der Waals surface area contributed by atoms with Crippen LogP contribution in [-0.2, 0) is 4.79 Å². The molecule has 1 aliphatic rings. The fraction of sp³-hybridized carbons (Fsp3) is 0.667. The molecule has 1 saturated heterocycles. The molecule has 0 radical (unpaired) electrons. The van der Waals surface area contributed by atoms with Crippen molar-refractivity contribution in [2.24, 2.45) is 0 Å². The highest BCUT2D eigenvalue weighted by atomic mass is 16.4. The van der Waals surface area contributed by atoms with Gasteiger partial charge in [-0.25, -0.2) is 0 Å². The van der Waals surface area contributed by atoms with Crippen molar-refractivity contribution in [2.75, 3.05) is 26.2 Å². The van der Waals surface area contributed by atoms with Crippen molar-refractivity contribution < 1.29 is 9.90 Å². The van der Waals surface area contributed by atoms with Gasteiger partial charge in [-0.3, -0.25) is 9.69 Å². The van der Waals surface area contributed by atoms with E-state index in [-0.39, 0.29) is 19.5 Å². The van der Waals surface area contributed by atoms with Crippen LogP contribution in [0, 0.1) is 22.7 Å². The normalized spacial score (nSPS) is 17.5. The summed E-state index contributed by atoms with van der Waals surface area (Å²) in [6.07, 6.45) is -0.0383. The van der Waals surface area contributed by atoms with Gasteiger partial charge in [-0.1, -0.05) is 0 Å². The Bertz CT molecular complexity index is 308. The maximum absolute atomic E-state index is 10.7. The van der Waals surface area contributed by atoms with Crippen molar-refractivity contribution in [3.8, 4) is 12.1 Å². The number of hydrogen-bond donors (Lipinski definition) is 2. The van der Waals surface area contributed by atoms with E-state index in [4.69, 9.17) is 15.6 Å². The number of nitrogens with zero attached hydrogens (tertiary/aromatic N) is 3. The molecule has 6 nitrogen and oxygen atoms in total. The second-order valence-electron chi connectivity index (χ2n) is 3.57. The third-order valence-electron chi connectivity index (χ3n) is 2.58. The second kappa shape index (κ2) is 4.74. The minimum atomic E-state index is -0.905. The molecule has 1 heterocycles. The van der Waals surface area contributed by atoms with Gasteiger partial charge in [0.05, 0.1) is 37.2 Å². The molecule has 80 valence electrons. The Morgan fingerprint density at radius 3 is 2.20 bits per heavy atom. The average molecular weight is 208 g/mol. The third-order valence-corrected chi connectivity index (χ3v) is 2.58. The first kappa shape index (κ1) is 11.4. The van der Waals surface area contributed by atoms with Gasteiger partial charge in [0.15, 0.2) is 0 Å². The quantitative estimate of drug-likeness (QED) is 0.571. The van der Waals surface area contributed by atoms with Gasteiger partial charge in [0.25, 0.3) is 0 Å². The molecule has 0 amide bonds. The van der Waals surface area contributed by atoms with Crippen molar-refractivity contribution in [1.29, 1.82) is 10.5 Å². The van der Waals surface area contributed by atoms with Crippen LogP contribution in [0.3, 0.4) is 0 Å². The summed E-state index contributed by atoms with van der Waals surface area (Å²) >= 11 is 0. The molecule has 15 heavy (non-hydrogen) atoms. The van der Waals surface area contributed by atoms with Crippen LogP contribution in [0.1, 0.15) is 6.42 Å². The van der Waals surface area contributed by atoms with E-state index in [1.807, 2.05) is 12.1 Å². The monoisotopic (exact) mass is 208 g/mol. The summed E-state index contributed by atoms with van der Waals surface area (Å²) in [4.78, 5) is 12.3. The number of carboxylic acids is 1. The second-order valence-corrected chi connectivity index (χ2v) is 3.57. The molecule has 0 saturated carbocycles. The average Bonchev–Trinajstić information content (AvgIpc) is 2.11. The molecule has 1 rings (SSSR count). The standard InChI is InChI=1S/C9H12N4O2/c10-1-3-13(4-2-11)9(5-8(14)15)6-12-7-9/h12H,3-7H2,(H,14,15). The van der Waals surface area contributed by atoms with Gasteiger partial charge in [-0.2, -0.15) is 10.5 Å². The Hall–Kier alpha value is -1.63. The van der Waals surface area contributed by atoms with Crippen molar-refractivity contribution in [1.82, 2.24) is 10.2 Å². The highest BCUT2D eigenvalue weighted by molar-refractivity contribution is 5.69. The first-order valence-corrected chi connectivity index (χ1v) is 4.56. The highest BCUT2D eigenvalue weighted by Crippen LogP contribution is 2.24. The molecule has 0 aromatic rings. The first-order chi connectivity index (χ1) is 7.14. The van der Waals surface area contributed by atoms with Crippen molar-refractivity contribution in [2.45, 2.75) is 12.0 Å². The molecule has 2 N–H and O–H groups in total. The molecule has 0 aromatic carbocycles. The zero-order valence-electron chi connectivity index (χ0n) is 8.23. The molecule has 0 spiro atoms. The van der Waals surface area contributed by atoms with E-state index >= 15 is 0 Å². The molecule has 1 fully saturated rings. The Morgan fingerprint density at radius 2 is 1.93 bits per heavy atom.